The number of halogens is 1. The molecule has 0 aromatic heterocycles. The van der Waals surface area contributed by atoms with Gasteiger partial charge in [0.25, 0.3) is 0 Å². The standard InChI is InChI=1S/C12H12BrNO/c1-8-5-9(15-2)6-10(11(8)13)12(7-14)3-4-12/h5-6H,3-4H2,1-2H3. The summed E-state index contributed by atoms with van der Waals surface area (Å²) in [5, 5.41) is 9.18. The molecule has 1 aromatic rings. The maximum Gasteiger partial charge on any atom is 0.119 e. The van der Waals surface area contributed by atoms with Crippen LogP contribution in [0.5, 0.6) is 5.75 Å². The van der Waals surface area contributed by atoms with Gasteiger partial charge in [0.1, 0.15) is 5.75 Å². The van der Waals surface area contributed by atoms with E-state index in [-0.39, 0.29) is 5.41 Å². The van der Waals surface area contributed by atoms with Crippen LogP contribution in [0.25, 0.3) is 0 Å². The molecule has 0 N–H and O–H groups in total. The van der Waals surface area contributed by atoms with Crippen LogP contribution >= 0.6 is 15.9 Å². The third kappa shape index (κ3) is 1.63. The summed E-state index contributed by atoms with van der Waals surface area (Å²) in [5.74, 6) is 0.826. The molecular formula is C12H12BrNO. The fraction of sp³-hybridized carbons (Fsp3) is 0.417. The zero-order valence-corrected chi connectivity index (χ0v) is 10.4. The SMILES string of the molecule is COc1cc(C)c(Br)c(C2(C#N)CC2)c1. The highest BCUT2D eigenvalue weighted by Gasteiger charge is 2.46. The molecule has 3 heteroatoms. The highest BCUT2D eigenvalue weighted by molar-refractivity contribution is 9.10. The Morgan fingerprint density at radius 2 is 2.13 bits per heavy atom. The first-order valence-corrected chi connectivity index (χ1v) is 5.68. The van der Waals surface area contributed by atoms with Crippen LogP contribution in [0.15, 0.2) is 16.6 Å². The summed E-state index contributed by atoms with van der Waals surface area (Å²) in [6, 6.07) is 6.34. The quantitative estimate of drug-likeness (QED) is 0.822. The molecule has 0 unspecified atom stereocenters. The van der Waals surface area contributed by atoms with Crippen molar-refractivity contribution in [3.8, 4) is 11.8 Å². The van der Waals surface area contributed by atoms with Crippen LogP contribution in [0.2, 0.25) is 0 Å². The maximum atomic E-state index is 9.18. The molecule has 1 aromatic carbocycles. The van der Waals surface area contributed by atoms with Crippen LogP contribution in [0.1, 0.15) is 24.0 Å². The number of rotatable bonds is 2. The Labute approximate surface area is 98.0 Å². The van der Waals surface area contributed by atoms with Crippen LogP contribution < -0.4 is 4.74 Å². The Morgan fingerprint density at radius 3 is 2.60 bits per heavy atom. The van der Waals surface area contributed by atoms with Crippen molar-refractivity contribution in [3.05, 3.63) is 27.7 Å². The van der Waals surface area contributed by atoms with Crippen molar-refractivity contribution in [2.24, 2.45) is 0 Å². The number of aryl methyl sites for hydroxylation is 1. The van der Waals surface area contributed by atoms with Gasteiger partial charge in [-0.2, -0.15) is 5.26 Å². The van der Waals surface area contributed by atoms with Crippen molar-refractivity contribution >= 4 is 15.9 Å². The van der Waals surface area contributed by atoms with E-state index in [0.29, 0.717) is 0 Å². The van der Waals surface area contributed by atoms with E-state index in [1.54, 1.807) is 7.11 Å². The fourth-order valence-corrected chi connectivity index (χ4v) is 2.38. The lowest BCUT2D eigenvalue weighted by atomic mass is 9.96. The summed E-state index contributed by atoms with van der Waals surface area (Å²) >= 11 is 3.55. The van der Waals surface area contributed by atoms with Gasteiger partial charge in [-0.3, -0.25) is 0 Å². The van der Waals surface area contributed by atoms with Gasteiger partial charge >= 0.3 is 0 Å². The summed E-state index contributed by atoms with van der Waals surface area (Å²) in [6.45, 7) is 2.02. The minimum absolute atomic E-state index is 0.266. The number of nitriles is 1. The van der Waals surface area contributed by atoms with Crippen LogP contribution in [0.4, 0.5) is 0 Å². The van der Waals surface area contributed by atoms with Crippen LogP contribution in [0, 0.1) is 18.3 Å². The van der Waals surface area contributed by atoms with E-state index in [4.69, 9.17) is 4.74 Å². The van der Waals surface area contributed by atoms with Crippen LogP contribution in [-0.2, 0) is 5.41 Å². The van der Waals surface area contributed by atoms with Gasteiger partial charge in [0.2, 0.25) is 0 Å². The molecule has 0 radical (unpaired) electrons. The summed E-state index contributed by atoms with van der Waals surface area (Å²) in [6.07, 6.45) is 1.91. The molecule has 0 spiro atoms. The topological polar surface area (TPSA) is 33.0 Å². The Bertz CT molecular complexity index is 444. The average molecular weight is 266 g/mol. The first-order chi connectivity index (χ1) is 7.13. The van der Waals surface area contributed by atoms with E-state index in [9.17, 15) is 5.26 Å². The molecule has 78 valence electrons. The molecular weight excluding hydrogens is 254 g/mol. The first-order valence-electron chi connectivity index (χ1n) is 4.89. The fourth-order valence-electron chi connectivity index (χ4n) is 1.77. The molecule has 0 amide bonds. The largest absolute Gasteiger partial charge is 0.497 e. The number of benzene rings is 1. The predicted molar refractivity (Wildman–Crippen MR) is 62.0 cm³/mol. The summed E-state index contributed by atoms with van der Waals surface area (Å²) in [4.78, 5) is 0. The number of methoxy groups -OCH3 is 1. The molecule has 1 saturated carbocycles. The van der Waals surface area contributed by atoms with Crippen molar-refractivity contribution in [3.63, 3.8) is 0 Å². The van der Waals surface area contributed by atoms with Gasteiger partial charge in [0.05, 0.1) is 18.6 Å². The molecule has 2 rings (SSSR count). The van der Waals surface area contributed by atoms with E-state index in [1.807, 2.05) is 19.1 Å². The highest BCUT2D eigenvalue weighted by Crippen LogP contribution is 2.51. The van der Waals surface area contributed by atoms with Gasteiger partial charge < -0.3 is 4.74 Å². The van der Waals surface area contributed by atoms with Gasteiger partial charge in [-0.05, 0) is 43.0 Å². The van der Waals surface area contributed by atoms with Crippen molar-refractivity contribution in [1.29, 1.82) is 5.26 Å². The Hall–Kier alpha value is -1.01. The average Bonchev–Trinajstić information content (AvgIpc) is 3.02. The zero-order valence-electron chi connectivity index (χ0n) is 8.80. The van der Waals surface area contributed by atoms with Crippen molar-refractivity contribution in [2.75, 3.05) is 7.11 Å². The summed E-state index contributed by atoms with van der Waals surface area (Å²) < 4.78 is 6.27. The number of hydrogen-bond donors (Lipinski definition) is 0. The lowest BCUT2D eigenvalue weighted by Gasteiger charge is -2.13. The van der Waals surface area contributed by atoms with E-state index >= 15 is 0 Å². The van der Waals surface area contributed by atoms with Gasteiger partial charge in [-0.25, -0.2) is 0 Å². The molecule has 0 atom stereocenters. The van der Waals surface area contributed by atoms with Crippen molar-refractivity contribution < 1.29 is 4.74 Å². The van der Waals surface area contributed by atoms with Crippen LogP contribution in [-0.4, -0.2) is 7.11 Å². The van der Waals surface area contributed by atoms with E-state index in [2.05, 4.69) is 22.0 Å². The number of hydrogen-bond acceptors (Lipinski definition) is 2. The van der Waals surface area contributed by atoms with E-state index < -0.39 is 0 Å². The highest BCUT2D eigenvalue weighted by atomic mass is 79.9. The molecule has 0 saturated heterocycles. The normalized spacial score (nSPS) is 16.9. The van der Waals surface area contributed by atoms with Crippen molar-refractivity contribution in [1.82, 2.24) is 0 Å². The van der Waals surface area contributed by atoms with Crippen molar-refractivity contribution in [2.45, 2.75) is 25.2 Å². The minimum Gasteiger partial charge on any atom is -0.497 e. The Morgan fingerprint density at radius 1 is 1.47 bits per heavy atom. The minimum atomic E-state index is -0.266. The molecule has 1 aliphatic carbocycles. The number of nitrogens with zero attached hydrogens (tertiary/aromatic N) is 1. The third-order valence-electron chi connectivity index (χ3n) is 2.94. The monoisotopic (exact) mass is 265 g/mol. The molecule has 0 aliphatic heterocycles. The molecule has 1 fully saturated rings. The Kier molecular flexibility index (Phi) is 2.47. The van der Waals surface area contributed by atoms with E-state index in [0.717, 1.165) is 34.2 Å². The lowest BCUT2D eigenvalue weighted by molar-refractivity contribution is 0.413. The lowest BCUT2D eigenvalue weighted by Crippen LogP contribution is -2.05. The van der Waals surface area contributed by atoms with Gasteiger partial charge in [-0.1, -0.05) is 15.9 Å². The molecule has 1 aliphatic rings. The summed E-state index contributed by atoms with van der Waals surface area (Å²) in [5.41, 5.74) is 1.92. The van der Waals surface area contributed by atoms with Gasteiger partial charge in [0.15, 0.2) is 0 Å². The van der Waals surface area contributed by atoms with Gasteiger partial charge in [-0.15, -0.1) is 0 Å². The third-order valence-corrected chi connectivity index (χ3v) is 4.00. The second kappa shape index (κ2) is 3.53. The maximum absolute atomic E-state index is 9.18. The molecule has 0 bridgehead atoms. The number of ether oxygens (including phenoxy) is 1. The van der Waals surface area contributed by atoms with Crippen LogP contribution in [0.3, 0.4) is 0 Å². The van der Waals surface area contributed by atoms with Gasteiger partial charge in [0, 0.05) is 4.47 Å². The Balaban J connectivity index is 2.56. The molecule has 2 nitrogen and oxygen atoms in total. The molecule has 15 heavy (non-hydrogen) atoms. The second-order valence-corrected chi connectivity index (χ2v) is 4.79. The van der Waals surface area contributed by atoms with E-state index in [1.165, 1.54) is 0 Å². The predicted octanol–water partition coefficient (Wildman–Crippen LogP) is 3.32. The second-order valence-electron chi connectivity index (χ2n) is 4.00. The zero-order chi connectivity index (χ0) is 11.1. The molecule has 0 heterocycles. The summed E-state index contributed by atoms with van der Waals surface area (Å²) in [7, 11) is 1.65. The first kappa shape index (κ1) is 10.5. The smallest absolute Gasteiger partial charge is 0.119 e.